The smallest absolute Gasteiger partial charge is 0.329 e. The topological polar surface area (TPSA) is 92.4 Å². The van der Waals surface area contributed by atoms with Crippen molar-refractivity contribution >= 4 is 22.8 Å². The second-order valence-electron chi connectivity index (χ2n) is 5.63. The molecule has 1 aliphatic carbocycles. The van der Waals surface area contributed by atoms with Crippen LogP contribution < -0.4 is 5.32 Å². The monoisotopic (exact) mass is 288 g/mol. The number of amides is 1. The van der Waals surface area contributed by atoms with Crippen LogP contribution in [0.3, 0.4) is 0 Å². The Balaban J connectivity index is 1.76. The summed E-state index contributed by atoms with van der Waals surface area (Å²) < 4.78 is 5.14. The van der Waals surface area contributed by atoms with Gasteiger partial charge in [0.15, 0.2) is 5.58 Å². The van der Waals surface area contributed by atoms with Crippen molar-refractivity contribution in [3.8, 4) is 0 Å². The van der Waals surface area contributed by atoms with Gasteiger partial charge in [0.05, 0.1) is 6.42 Å². The Bertz CT molecular complexity index is 705. The Hall–Kier alpha value is -2.37. The maximum atomic E-state index is 12.2. The number of fused-ring (bicyclic) bond motifs is 1. The van der Waals surface area contributed by atoms with E-state index in [1.54, 1.807) is 13.0 Å². The third kappa shape index (κ3) is 2.49. The summed E-state index contributed by atoms with van der Waals surface area (Å²) in [5, 5.41) is 16.6. The Morgan fingerprint density at radius 3 is 2.81 bits per heavy atom. The minimum absolute atomic E-state index is 0.00655. The number of rotatable bonds is 5. The van der Waals surface area contributed by atoms with Gasteiger partial charge in [-0.3, -0.25) is 4.79 Å². The Kier molecular flexibility index (Phi) is 3.16. The highest BCUT2D eigenvalue weighted by Gasteiger charge is 2.48. The van der Waals surface area contributed by atoms with Crippen LogP contribution in [0.1, 0.15) is 25.5 Å². The maximum Gasteiger partial charge on any atom is 0.329 e. The zero-order valence-electron chi connectivity index (χ0n) is 11.6. The molecule has 1 saturated carbocycles. The van der Waals surface area contributed by atoms with Gasteiger partial charge in [0, 0.05) is 5.39 Å². The number of carboxylic acids is 1. The van der Waals surface area contributed by atoms with E-state index in [0.29, 0.717) is 11.3 Å². The Labute approximate surface area is 121 Å². The number of carbonyl (C=O) groups is 2. The number of aliphatic carboxylic acids is 1. The predicted octanol–water partition coefficient (Wildman–Crippen LogP) is 1.74. The highest BCUT2D eigenvalue weighted by Crippen LogP contribution is 2.39. The molecule has 0 saturated heterocycles. The molecule has 1 aromatic heterocycles. The van der Waals surface area contributed by atoms with Crippen molar-refractivity contribution < 1.29 is 19.2 Å². The van der Waals surface area contributed by atoms with Crippen molar-refractivity contribution in [3.63, 3.8) is 0 Å². The van der Waals surface area contributed by atoms with E-state index in [0.717, 1.165) is 18.2 Å². The fraction of sp³-hybridized carbons (Fsp3) is 0.400. The van der Waals surface area contributed by atoms with E-state index in [-0.39, 0.29) is 18.2 Å². The van der Waals surface area contributed by atoms with Crippen LogP contribution in [0.25, 0.3) is 11.0 Å². The lowest BCUT2D eigenvalue weighted by molar-refractivity contribution is -0.147. The minimum atomic E-state index is -1.20. The number of hydrogen-bond donors (Lipinski definition) is 2. The summed E-state index contributed by atoms with van der Waals surface area (Å²) in [7, 11) is 0. The first-order valence-corrected chi connectivity index (χ1v) is 6.88. The number of hydrogen-bond acceptors (Lipinski definition) is 4. The van der Waals surface area contributed by atoms with E-state index in [1.807, 2.05) is 18.2 Å². The molecule has 21 heavy (non-hydrogen) atoms. The summed E-state index contributed by atoms with van der Waals surface area (Å²) in [5.41, 5.74) is -0.0634. The molecule has 2 N–H and O–H groups in total. The SMILES string of the molecule is CC(NC(=O)Cc1noc2ccccc12)(C(=O)O)C1CC1. The van der Waals surface area contributed by atoms with Crippen LogP contribution in [0.5, 0.6) is 0 Å². The summed E-state index contributed by atoms with van der Waals surface area (Å²) >= 11 is 0. The van der Waals surface area contributed by atoms with E-state index in [1.165, 1.54) is 0 Å². The fourth-order valence-electron chi connectivity index (χ4n) is 2.54. The molecule has 0 radical (unpaired) electrons. The van der Waals surface area contributed by atoms with E-state index in [4.69, 9.17) is 4.52 Å². The Morgan fingerprint density at radius 1 is 1.43 bits per heavy atom. The van der Waals surface area contributed by atoms with Gasteiger partial charge < -0.3 is 14.9 Å². The summed E-state index contributed by atoms with van der Waals surface area (Å²) in [6, 6.07) is 7.26. The van der Waals surface area contributed by atoms with E-state index in [9.17, 15) is 14.7 Å². The number of para-hydroxylation sites is 1. The van der Waals surface area contributed by atoms with Gasteiger partial charge in [-0.25, -0.2) is 4.79 Å². The molecular formula is C15H16N2O4. The van der Waals surface area contributed by atoms with Crippen LogP contribution in [0, 0.1) is 5.92 Å². The quantitative estimate of drug-likeness (QED) is 0.874. The third-order valence-electron chi connectivity index (χ3n) is 4.02. The van der Waals surface area contributed by atoms with Crippen molar-refractivity contribution in [1.82, 2.24) is 10.5 Å². The molecular weight excluding hydrogens is 272 g/mol. The van der Waals surface area contributed by atoms with Crippen LogP contribution in [0.15, 0.2) is 28.8 Å². The number of carboxylic acid groups (broad SMARTS) is 1. The van der Waals surface area contributed by atoms with Crippen LogP contribution in [0.2, 0.25) is 0 Å². The molecule has 1 aromatic carbocycles. The highest BCUT2D eigenvalue weighted by atomic mass is 16.5. The van der Waals surface area contributed by atoms with Gasteiger partial charge >= 0.3 is 5.97 Å². The second kappa shape index (κ2) is 4.87. The molecule has 3 rings (SSSR count). The molecule has 0 bridgehead atoms. The van der Waals surface area contributed by atoms with Gasteiger partial charge in [0.25, 0.3) is 0 Å². The van der Waals surface area contributed by atoms with Crippen molar-refractivity contribution in [2.75, 3.05) is 0 Å². The molecule has 1 aliphatic rings. The molecule has 6 heteroatoms. The first-order valence-electron chi connectivity index (χ1n) is 6.88. The summed E-state index contributed by atoms with van der Waals surface area (Å²) in [5.74, 6) is -1.35. The molecule has 2 aromatic rings. The van der Waals surface area contributed by atoms with Gasteiger partial charge in [-0.1, -0.05) is 17.3 Å². The second-order valence-corrected chi connectivity index (χ2v) is 5.63. The molecule has 1 unspecified atom stereocenters. The van der Waals surface area contributed by atoms with Gasteiger partial charge in [-0.2, -0.15) is 0 Å². The van der Waals surface area contributed by atoms with Gasteiger partial charge in [-0.15, -0.1) is 0 Å². The number of aromatic nitrogens is 1. The molecule has 0 aliphatic heterocycles. The number of benzene rings is 1. The zero-order valence-corrected chi connectivity index (χ0v) is 11.6. The summed E-state index contributed by atoms with van der Waals surface area (Å²) in [6.07, 6.45) is 1.67. The van der Waals surface area contributed by atoms with Crippen LogP contribution >= 0.6 is 0 Å². The van der Waals surface area contributed by atoms with Crippen molar-refractivity contribution in [3.05, 3.63) is 30.0 Å². The lowest BCUT2D eigenvalue weighted by Crippen LogP contribution is -2.54. The van der Waals surface area contributed by atoms with E-state index >= 15 is 0 Å². The highest BCUT2D eigenvalue weighted by molar-refractivity contribution is 5.90. The van der Waals surface area contributed by atoms with Gasteiger partial charge in [0.1, 0.15) is 11.2 Å². The predicted molar refractivity (Wildman–Crippen MR) is 74.6 cm³/mol. The molecule has 1 amide bonds. The first kappa shape index (κ1) is 13.6. The van der Waals surface area contributed by atoms with E-state index < -0.39 is 11.5 Å². The molecule has 110 valence electrons. The fourth-order valence-corrected chi connectivity index (χ4v) is 2.54. The standard InChI is InChI=1S/C15H16N2O4/c1-15(14(19)20,9-6-7-9)16-13(18)8-11-10-4-2-3-5-12(10)21-17-11/h2-5,9H,6-8H2,1H3,(H,16,18)(H,19,20). The molecule has 1 atom stereocenters. The van der Waals surface area contributed by atoms with Crippen molar-refractivity contribution in [2.24, 2.45) is 5.92 Å². The lowest BCUT2D eigenvalue weighted by atomic mass is 9.95. The average Bonchev–Trinajstić information content (AvgIpc) is 3.23. The van der Waals surface area contributed by atoms with Crippen LogP contribution in [-0.2, 0) is 16.0 Å². The van der Waals surface area contributed by atoms with Crippen molar-refractivity contribution in [2.45, 2.75) is 31.7 Å². The van der Waals surface area contributed by atoms with E-state index in [2.05, 4.69) is 10.5 Å². The lowest BCUT2D eigenvalue weighted by Gasteiger charge is -2.25. The zero-order chi connectivity index (χ0) is 15.0. The number of nitrogens with one attached hydrogen (secondary N) is 1. The largest absolute Gasteiger partial charge is 0.480 e. The molecule has 0 spiro atoms. The van der Waals surface area contributed by atoms with Crippen LogP contribution in [0.4, 0.5) is 0 Å². The van der Waals surface area contributed by atoms with Crippen molar-refractivity contribution in [1.29, 1.82) is 0 Å². The average molecular weight is 288 g/mol. The molecule has 1 heterocycles. The summed E-state index contributed by atoms with van der Waals surface area (Å²) in [6.45, 7) is 1.56. The Morgan fingerprint density at radius 2 is 2.14 bits per heavy atom. The van der Waals surface area contributed by atoms with Crippen LogP contribution in [-0.4, -0.2) is 27.7 Å². The number of nitrogens with zero attached hydrogens (tertiary/aromatic N) is 1. The molecule has 6 nitrogen and oxygen atoms in total. The third-order valence-corrected chi connectivity index (χ3v) is 4.02. The van der Waals surface area contributed by atoms with Gasteiger partial charge in [0.2, 0.25) is 5.91 Å². The van der Waals surface area contributed by atoms with Gasteiger partial charge in [-0.05, 0) is 37.8 Å². The number of carbonyl (C=O) groups excluding carboxylic acids is 1. The normalized spacial score (nSPS) is 17.4. The minimum Gasteiger partial charge on any atom is -0.480 e. The summed E-state index contributed by atoms with van der Waals surface area (Å²) in [4.78, 5) is 23.6. The maximum absolute atomic E-state index is 12.2. The molecule has 1 fully saturated rings. The first-order chi connectivity index (χ1) is 10.0.